The number of esters is 1. The zero-order valence-corrected chi connectivity index (χ0v) is 16.8. The number of hydrogen-bond acceptors (Lipinski definition) is 5. The molecular formula is C24H19F2NO5. The summed E-state index contributed by atoms with van der Waals surface area (Å²) in [7, 11) is 0. The number of halogens is 2. The summed E-state index contributed by atoms with van der Waals surface area (Å²) >= 11 is 0. The maximum atomic E-state index is 14.0. The van der Waals surface area contributed by atoms with Crippen LogP contribution in [0.3, 0.4) is 0 Å². The number of amides is 1. The van der Waals surface area contributed by atoms with Crippen LogP contribution in [-0.4, -0.2) is 18.4 Å². The Morgan fingerprint density at radius 3 is 2.59 bits per heavy atom. The van der Waals surface area contributed by atoms with Gasteiger partial charge in [-0.15, -0.1) is 0 Å². The number of benzene rings is 3. The molecule has 3 aromatic carbocycles. The lowest BCUT2D eigenvalue weighted by molar-refractivity contribution is -0.144. The number of carbonyl (C=O) groups excluding carboxylic acids is 2. The lowest BCUT2D eigenvalue weighted by atomic mass is 10.1. The Kier molecular flexibility index (Phi) is 6.42. The van der Waals surface area contributed by atoms with Crippen LogP contribution in [0.2, 0.25) is 0 Å². The molecule has 1 atom stereocenters. The van der Waals surface area contributed by atoms with E-state index in [0.717, 1.165) is 11.6 Å². The van der Waals surface area contributed by atoms with Crippen LogP contribution in [0.4, 0.5) is 8.78 Å². The van der Waals surface area contributed by atoms with Gasteiger partial charge in [-0.05, 0) is 30.3 Å². The fraction of sp³-hybridized carbons (Fsp3) is 0.167. The van der Waals surface area contributed by atoms with Crippen molar-refractivity contribution in [2.45, 2.75) is 19.5 Å². The molecule has 0 radical (unpaired) electrons. The summed E-state index contributed by atoms with van der Waals surface area (Å²) in [4.78, 5) is 24.1. The second kappa shape index (κ2) is 9.57. The van der Waals surface area contributed by atoms with E-state index < -0.39 is 36.3 Å². The van der Waals surface area contributed by atoms with Crippen LogP contribution in [0.5, 0.6) is 5.75 Å². The molecule has 3 aromatic rings. The van der Waals surface area contributed by atoms with Gasteiger partial charge in [0.2, 0.25) is 6.29 Å². The Hall–Kier alpha value is -3.78. The summed E-state index contributed by atoms with van der Waals surface area (Å²) in [5, 5.41) is 2.36. The SMILES string of the molecule is O=C(CNC(=O)c1cccc(F)c1)OCc1cc(F)cc2c1O[C@@H](c1ccccc1)OC2. The largest absolute Gasteiger partial charge is 0.460 e. The first kappa shape index (κ1) is 21.5. The van der Waals surface area contributed by atoms with E-state index >= 15 is 0 Å². The number of nitrogens with one attached hydrogen (secondary N) is 1. The third-order valence-electron chi connectivity index (χ3n) is 4.76. The number of fused-ring (bicyclic) bond motifs is 1. The average molecular weight is 439 g/mol. The van der Waals surface area contributed by atoms with Gasteiger partial charge in [0.15, 0.2) is 0 Å². The minimum atomic E-state index is -0.737. The summed E-state index contributed by atoms with van der Waals surface area (Å²) in [5.74, 6) is -2.04. The first-order valence-corrected chi connectivity index (χ1v) is 9.83. The molecule has 0 bridgehead atoms. The lowest BCUT2D eigenvalue weighted by Crippen LogP contribution is -2.30. The molecule has 8 heteroatoms. The summed E-state index contributed by atoms with van der Waals surface area (Å²) in [5.41, 5.74) is 1.72. The smallest absolute Gasteiger partial charge is 0.325 e. The van der Waals surface area contributed by atoms with E-state index in [0.29, 0.717) is 16.9 Å². The van der Waals surface area contributed by atoms with Crippen molar-refractivity contribution < 1.29 is 32.6 Å². The van der Waals surface area contributed by atoms with E-state index in [1.54, 1.807) is 0 Å². The quantitative estimate of drug-likeness (QED) is 0.587. The highest BCUT2D eigenvalue weighted by Gasteiger charge is 2.25. The average Bonchev–Trinajstić information content (AvgIpc) is 2.81. The van der Waals surface area contributed by atoms with Crippen LogP contribution in [0.25, 0.3) is 0 Å². The molecule has 0 saturated heterocycles. The summed E-state index contributed by atoms with van der Waals surface area (Å²) in [6.07, 6.45) is -0.672. The third-order valence-corrected chi connectivity index (χ3v) is 4.76. The number of ether oxygens (including phenoxy) is 3. The summed E-state index contributed by atoms with van der Waals surface area (Å²) in [6, 6.07) is 16.9. The van der Waals surface area contributed by atoms with Gasteiger partial charge in [0.25, 0.3) is 5.91 Å². The predicted octanol–water partition coefficient (Wildman–Crippen LogP) is 4.05. The standard InChI is InChI=1S/C24H19F2NO5/c25-19-8-4-7-16(9-19)23(29)27-12-21(28)30-13-17-10-20(26)11-18-14-31-24(32-22(17)18)15-5-2-1-3-6-15/h1-11,24H,12-14H2,(H,27,29)/t24-/m0/s1. The minimum Gasteiger partial charge on any atom is -0.460 e. The normalized spacial score (nSPS) is 14.8. The van der Waals surface area contributed by atoms with Crippen molar-refractivity contribution in [1.29, 1.82) is 0 Å². The minimum absolute atomic E-state index is 0.0809. The van der Waals surface area contributed by atoms with E-state index in [9.17, 15) is 18.4 Å². The molecule has 6 nitrogen and oxygen atoms in total. The molecule has 0 spiro atoms. The van der Waals surface area contributed by atoms with E-state index in [4.69, 9.17) is 14.2 Å². The van der Waals surface area contributed by atoms with Crippen LogP contribution in [0.15, 0.2) is 66.7 Å². The van der Waals surface area contributed by atoms with Gasteiger partial charge in [0.05, 0.1) is 6.61 Å². The van der Waals surface area contributed by atoms with Crippen LogP contribution < -0.4 is 10.1 Å². The Balaban J connectivity index is 1.39. The topological polar surface area (TPSA) is 73.9 Å². The van der Waals surface area contributed by atoms with Gasteiger partial charge in [0.1, 0.15) is 30.5 Å². The molecule has 1 N–H and O–H groups in total. The van der Waals surface area contributed by atoms with Crippen LogP contribution >= 0.6 is 0 Å². The molecule has 4 rings (SSSR count). The predicted molar refractivity (Wildman–Crippen MR) is 110 cm³/mol. The van der Waals surface area contributed by atoms with Gasteiger partial charge in [-0.1, -0.05) is 36.4 Å². The maximum Gasteiger partial charge on any atom is 0.325 e. The number of rotatable bonds is 6. The van der Waals surface area contributed by atoms with Gasteiger partial charge in [0, 0.05) is 22.3 Å². The highest BCUT2D eigenvalue weighted by atomic mass is 19.1. The molecule has 32 heavy (non-hydrogen) atoms. The zero-order chi connectivity index (χ0) is 22.5. The lowest BCUT2D eigenvalue weighted by Gasteiger charge is -2.28. The fourth-order valence-corrected chi connectivity index (χ4v) is 3.25. The molecular weight excluding hydrogens is 420 g/mol. The van der Waals surface area contributed by atoms with Crippen molar-refractivity contribution in [2.24, 2.45) is 0 Å². The summed E-state index contributed by atoms with van der Waals surface area (Å²) < 4.78 is 44.0. The monoisotopic (exact) mass is 439 g/mol. The van der Waals surface area contributed by atoms with E-state index in [1.165, 1.54) is 30.3 Å². The molecule has 0 aliphatic carbocycles. The summed E-state index contributed by atoms with van der Waals surface area (Å²) in [6.45, 7) is -0.545. The Bertz CT molecular complexity index is 1140. The van der Waals surface area contributed by atoms with Gasteiger partial charge in [-0.25, -0.2) is 8.78 Å². The zero-order valence-electron chi connectivity index (χ0n) is 16.8. The molecule has 1 aliphatic rings. The number of carbonyl (C=O) groups is 2. The molecule has 1 aliphatic heterocycles. The Morgan fingerprint density at radius 2 is 1.81 bits per heavy atom. The molecule has 1 amide bonds. The van der Waals surface area contributed by atoms with E-state index in [1.807, 2.05) is 30.3 Å². The Labute approximate surface area is 182 Å². The van der Waals surface area contributed by atoms with Crippen LogP contribution in [0.1, 0.15) is 33.3 Å². The van der Waals surface area contributed by atoms with Crippen molar-refractivity contribution in [3.8, 4) is 5.75 Å². The molecule has 0 aromatic heterocycles. The molecule has 164 valence electrons. The van der Waals surface area contributed by atoms with Crippen molar-refractivity contribution in [2.75, 3.05) is 6.54 Å². The van der Waals surface area contributed by atoms with Crippen molar-refractivity contribution in [3.63, 3.8) is 0 Å². The van der Waals surface area contributed by atoms with Crippen molar-refractivity contribution in [1.82, 2.24) is 5.32 Å². The van der Waals surface area contributed by atoms with Gasteiger partial charge >= 0.3 is 5.97 Å². The van der Waals surface area contributed by atoms with Crippen molar-refractivity contribution in [3.05, 3.63) is 101 Å². The fourth-order valence-electron chi connectivity index (χ4n) is 3.25. The molecule has 1 heterocycles. The van der Waals surface area contributed by atoms with Crippen LogP contribution in [-0.2, 0) is 27.5 Å². The second-order valence-corrected chi connectivity index (χ2v) is 7.08. The van der Waals surface area contributed by atoms with Gasteiger partial charge in [-0.3, -0.25) is 9.59 Å². The molecule has 0 saturated carbocycles. The number of hydrogen-bond donors (Lipinski definition) is 1. The van der Waals surface area contributed by atoms with Crippen LogP contribution in [0, 0.1) is 11.6 Å². The van der Waals surface area contributed by atoms with Gasteiger partial charge in [-0.2, -0.15) is 0 Å². The highest BCUT2D eigenvalue weighted by molar-refractivity contribution is 5.95. The first-order chi connectivity index (χ1) is 15.5. The van der Waals surface area contributed by atoms with Gasteiger partial charge < -0.3 is 19.5 Å². The first-order valence-electron chi connectivity index (χ1n) is 9.83. The molecule has 0 unspecified atom stereocenters. The third kappa shape index (κ3) is 5.09. The van der Waals surface area contributed by atoms with E-state index in [2.05, 4.69) is 5.32 Å². The highest BCUT2D eigenvalue weighted by Crippen LogP contribution is 2.36. The Morgan fingerprint density at radius 1 is 1.00 bits per heavy atom. The maximum absolute atomic E-state index is 14.0. The molecule has 0 fully saturated rings. The van der Waals surface area contributed by atoms with E-state index in [-0.39, 0.29) is 18.8 Å². The van der Waals surface area contributed by atoms with Crippen molar-refractivity contribution >= 4 is 11.9 Å². The second-order valence-electron chi connectivity index (χ2n) is 7.08.